The molecule has 65 heavy (non-hydrogen) atoms. The van der Waals surface area contributed by atoms with Crippen molar-refractivity contribution >= 4 is 79.2 Å². The molecule has 0 aliphatic carbocycles. The Morgan fingerprint density at radius 3 is 0.831 bits per heavy atom. The molecule has 308 valence electrons. The van der Waals surface area contributed by atoms with E-state index in [1.54, 1.807) is 0 Å². The van der Waals surface area contributed by atoms with Crippen LogP contribution in [0.25, 0.3) is 43.8 Å². The predicted molar refractivity (Wildman–Crippen MR) is 284 cm³/mol. The Hall–Kier alpha value is -7.63. The molecule has 0 bridgehead atoms. The van der Waals surface area contributed by atoms with Gasteiger partial charge in [0.05, 0.1) is 0 Å². The van der Waals surface area contributed by atoms with Gasteiger partial charge in [-0.1, -0.05) is 279 Å². The van der Waals surface area contributed by atoms with Gasteiger partial charge in [-0.25, -0.2) is 0 Å². The molecule has 0 spiro atoms. The monoisotopic (exact) mass is 860 g/mol. The van der Waals surface area contributed by atoms with Gasteiger partial charge in [0.15, 0.2) is 16.1 Å². The summed E-state index contributed by atoms with van der Waals surface area (Å²) >= 11 is 0. The highest BCUT2D eigenvalue weighted by atomic mass is 28.3. The van der Waals surface area contributed by atoms with Crippen molar-refractivity contribution in [3.8, 4) is 22.3 Å². The van der Waals surface area contributed by atoms with Crippen LogP contribution >= 0.6 is 0 Å². The first-order valence-electron chi connectivity index (χ1n) is 22.7. The second-order valence-electron chi connectivity index (χ2n) is 17.1. The normalized spacial score (nSPS) is 11.8. The molecule has 0 aromatic heterocycles. The zero-order valence-electron chi connectivity index (χ0n) is 36.5. The van der Waals surface area contributed by atoms with Crippen molar-refractivity contribution in [1.82, 2.24) is 0 Å². The van der Waals surface area contributed by atoms with Gasteiger partial charge in [-0.05, 0) is 92.2 Å². The van der Waals surface area contributed by atoms with E-state index in [1.807, 2.05) is 0 Å². The third-order valence-electron chi connectivity index (χ3n) is 13.6. The van der Waals surface area contributed by atoms with Gasteiger partial charge in [0.2, 0.25) is 0 Å². The number of aryl methyl sites for hydroxylation is 1. The van der Waals surface area contributed by atoms with Crippen molar-refractivity contribution in [2.24, 2.45) is 0 Å². The maximum atomic E-state index is 2.45. The lowest BCUT2D eigenvalue weighted by molar-refractivity contribution is 1.51. The summed E-state index contributed by atoms with van der Waals surface area (Å²) in [5.41, 5.74) is 6.37. The summed E-state index contributed by atoms with van der Waals surface area (Å²) in [7, 11) is -5.87. The third-order valence-corrected chi connectivity index (χ3v) is 23.3. The van der Waals surface area contributed by atoms with E-state index in [9.17, 15) is 0 Å². The predicted octanol–water partition coefficient (Wildman–Crippen LogP) is 10.4. The second-order valence-corrected chi connectivity index (χ2v) is 24.7. The van der Waals surface area contributed by atoms with Crippen molar-refractivity contribution in [3.63, 3.8) is 0 Å². The van der Waals surface area contributed by atoms with Crippen molar-refractivity contribution < 1.29 is 0 Å². The highest BCUT2D eigenvalue weighted by Gasteiger charge is 2.45. The Morgan fingerprint density at radius 2 is 0.492 bits per heavy atom. The van der Waals surface area contributed by atoms with Crippen LogP contribution in [0.15, 0.2) is 273 Å². The number of hydrogen-bond donors (Lipinski definition) is 0. The molecule has 0 atom stereocenters. The van der Waals surface area contributed by atoms with Gasteiger partial charge in [0, 0.05) is 0 Å². The van der Waals surface area contributed by atoms with Gasteiger partial charge in [-0.3, -0.25) is 0 Å². The van der Waals surface area contributed by atoms with Crippen molar-refractivity contribution in [1.29, 1.82) is 0 Å². The number of rotatable bonds is 10. The Labute approximate surface area is 384 Å². The Bertz CT molecular complexity index is 3210. The minimum atomic E-state index is -2.93. The SMILES string of the molecule is Cc1ccc2c(-c3ccccc3[Si](c3ccccc3)(c3ccccc3)c3ccccc3)c3ccccc3c(-c3ccccc3[Si](c3ccccc3)(c3ccccc3)c3ccccc3)c2c1. The Kier molecular flexibility index (Phi) is 10.6. The van der Waals surface area contributed by atoms with Gasteiger partial charge in [0.25, 0.3) is 0 Å². The van der Waals surface area contributed by atoms with E-state index in [1.165, 1.54) is 90.9 Å². The zero-order chi connectivity index (χ0) is 43.6. The van der Waals surface area contributed by atoms with Crippen LogP contribution in [0, 0.1) is 6.92 Å². The molecular formula is C63H48Si2. The fourth-order valence-electron chi connectivity index (χ4n) is 11.0. The second kappa shape index (κ2) is 17.2. The summed E-state index contributed by atoms with van der Waals surface area (Å²) in [6.45, 7) is 2.24. The summed E-state index contributed by atoms with van der Waals surface area (Å²) in [6, 6.07) is 103. The van der Waals surface area contributed by atoms with Crippen molar-refractivity contribution in [2.45, 2.75) is 6.92 Å². The maximum Gasteiger partial charge on any atom is 0.180 e. The van der Waals surface area contributed by atoms with E-state index in [2.05, 4.69) is 280 Å². The van der Waals surface area contributed by atoms with Crippen LogP contribution in [-0.4, -0.2) is 16.1 Å². The number of fused-ring (bicyclic) bond motifs is 2. The Balaban J connectivity index is 1.28. The summed E-state index contributed by atoms with van der Waals surface area (Å²) < 4.78 is 0. The lowest BCUT2D eigenvalue weighted by atomic mass is 9.85. The minimum absolute atomic E-state index is 1.24. The highest BCUT2D eigenvalue weighted by Crippen LogP contribution is 2.44. The van der Waals surface area contributed by atoms with E-state index in [0.29, 0.717) is 0 Å². The largest absolute Gasteiger partial charge is 0.180 e. The maximum absolute atomic E-state index is 2.93. The fourth-order valence-corrected chi connectivity index (χ4v) is 20.9. The van der Waals surface area contributed by atoms with E-state index in [0.717, 1.165) is 0 Å². The molecule has 11 aromatic rings. The third kappa shape index (κ3) is 6.64. The fraction of sp³-hybridized carbons (Fsp3) is 0.0159. The lowest BCUT2D eigenvalue weighted by Crippen LogP contribution is -2.75. The molecule has 0 aliphatic rings. The van der Waals surface area contributed by atoms with Gasteiger partial charge < -0.3 is 0 Å². The molecule has 0 nitrogen and oxygen atoms in total. The number of hydrogen-bond acceptors (Lipinski definition) is 0. The van der Waals surface area contributed by atoms with Crippen molar-refractivity contribution in [2.75, 3.05) is 0 Å². The molecule has 11 aromatic carbocycles. The summed E-state index contributed by atoms with van der Waals surface area (Å²) in [4.78, 5) is 0. The van der Waals surface area contributed by atoms with Gasteiger partial charge in [-0.2, -0.15) is 0 Å². The number of benzene rings is 11. The van der Waals surface area contributed by atoms with Crippen LogP contribution in [0.1, 0.15) is 5.56 Å². The van der Waals surface area contributed by atoms with Crippen LogP contribution < -0.4 is 41.5 Å². The first-order chi connectivity index (χ1) is 32.2. The molecule has 0 N–H and O–H groups in total. The van der Waals surface area contributed by atoms with E-state index in [4.69, 9.17) is 0 Å². The van der Waals surface area contributed by atoms with Gasteiger partial charge in [0.1, 0.15) is 0 Å². The van der Waals surface area contributed by atoms with Crippen LogP contribution in [-0.2, 0) is 0 Å². The minimum Gasteiger partial charge on any atom is -0.0623 e. The quantitative estimate of drug-likeness (QED) is 0.0730. The summed E-state index contributed by atoms with van der Waals surface area (Å²) in [5.74, 6) is 0. The van der Waals surface area contributed by atoms with Gasteiger partial charge >= 0.3 is 0 Å². The smallest absolute Gasteiger partial charge is 0.0623 e. The molecule has 0 saturated heterocycles. The molecule has 2 heteroatoms. The van der Waals surface area contributed by atoms with Crippen molar-refractivity contribution in [3.05, 3.63) is 279 Å². The van der Waals surface area contributed by atoms with Gasteiger partial charge in [-0.15, -0.1) is 0 Å². The van der Waals surface area contributed by atoms with E-state index < -0.39 is 16.1 Å². The summed E-state index contributed by atoms with van der Waals surface area (Å²) in [6.07, 6.45) is 0. The average Bonchev–Trinajstić information content (AvgIpc) is 3.38. The molecule has 0 unspecified atom stereocenters. The molecule has 0 radical (unpaired) electrons. The standard InChI is InChI=1S/C63H48Si2/c1-47-44-45-56-59(46-47)63(58-41-23-25-43-61(58)65(51-32-14-5-15-33-51,52-34-16-6-17-35-52)53-36-18-7-19-37-53)55-39-21-20-38-54(55)62(56)57-40-22-24-42-60(57)64(48-26-8-2-9-27-48,49-28-10-3-11-29-49)50-30-12-4-13-31-50/h2-46H,1H3. The van der Waals surface area contributed by atoms with Crippen LogP contribution in [0.3, 0.4) is 0 Å². The molecule has 0 heterocycles. The van der Waals surface area contributed by atoms with Crippen LogP contribution in [0.4, 0.5) is 0 Å². The molecule has 0 fully saturated rings. The van der Waals surface area contributed by atoms with E-state index in [-0.39, 0.29) is 0 Å². The lowest BCUT2D eigenvalue weighted by Gasteiger charge is -2.37. The van der Waals surface area contributed by atoms with Crippen LogP contribution in [0.2, 0.25) is 0 Å². The highest BCUT2D eigenvalue weighted by molar-refractivity contribution is 7.21. The Morgan fingerprint density at radius 1 is 0.231 bits per heavy atom. The molecule has 0 amide bonds. The molecule has 0 aliphatic heterocycles. The molecule has 0 saturated carbocycles. The molecular weight excluding hydrogens is 813 g/mol. The van der Waals surface area contributed by atoms with E-state index >= 15 is 0 Å². The topological polar surface area (TPSA) is 0 Å². The first-order valence-corrected chi connectivity index (χ1v) is 26.7. The summed E-state index contributed by atoms with van der Waals surface area (Å²) in [5, 5.41) is 16.0. The first kappa shape index (κ1) is 40.2. The zero-order valence-corrected chi connectivity index (χ0v) is 38.5. The average molecular weight is 861 g/mol. The van der Waals surface area contributed by atoms with Crippen LogP contribution in [0.5, 0.6) is 0 Å². The molecule has 11 rings (SSSR count).